The van der Waals surface area contributed by atoms with E-state index in [-0.39, 0.29) is 11.6 Å². The maximum Gasteiger partial charge on any atom is 0.328 e. The van der Waals surface area contributed by atoms with Crippen molar-refractivity contribution in [3.63, 3.8) is 0 Å². The number of hydrogen-bond acceptors (Lipinski definition) is 5. The van der Waals surface area contributed by atoms with Crippen molar-refractivity contribution in [2.24, 2.45) is 0 Å². The molecule has 1 aliphatic rings. The number of nitrogens with one attached hydrogen (secondary N) is 1. The van der Waals surface area contributed by atoms with E-state index >= 15 is 0 Å². The lowest BCUT2D eigenvalue weighted by Crippen LogP contribution is -2.45. The maximum atomic E-state index is 11.7. The topological polar surface area (TPSA) is 91.1 Å². The molecule has 1 aliphatic heterocycles. The fourth-order valence-electron chi connectivity index (χ4n) is 2.14. The Bertz CT molecular complexity index is 592. The van der Waals surface area contributed by atoms with Gasteiger partial charge in [0, 0.05) is 31.9 Å². The maximum absolute atomic E-state index is 11.7. The van der Waals surface area contributed by atoms with Gasteiger partial charge in [-0.3, -0.25) is 19.2 Å². The molecule has 2 heterocycles. The Morgan fingerprint density at radius 1 is 1.47 bits per heavy atom. The highest BCUT2D eigenvalue weighted by atomic mass is 16.5. The summed E-state index contributed by atoms with van der Waals surface area (Å²) in [6, 6.07) is 1.92. The number of ether oxygens (including phenoxy) is 1. The van der Waals surface area contributed by atoms with E-state index in [0.717, 1.165) is 13.1 Å². The first-order valence-corrected chi connectivity index (χ1v) is 6.17. The van der Waals surface area contributed by atoms with Gasteiger partial charge in [0.05, 0.1) is 13.2 Å². The lowest BCUT2D eigenvalue weighted by molar-refractivity contribution is 0.0167. The van der Waals surface area contributed by atoms with Crippen LogP contribution in [0.1, 0.15) is 12.5 Å². The Morgan fingerprint density at radius 3 is 2.79 bits per heavy atom. The summed E-state index contributed by atoms with van der Waals surface area (Å²) in [7, 11) is 0. The van der Waals surface area contributed by atoms with Crippen LogP contribution >= 0.6 is 0 Å². The molecule has 1 N–H and O–H groups in total. The van der Waals surface area contributed by atoms with E-state index in [0.29, 0.717) is 19.8 Å². The second kappa shape index (κ2) is 5.82. The van der Waals surface area contributed by atoms with Crippen LogP contribution in [0.25, 0.3) is 0 Å². The lowest BCUT2D eigenvalue weighted by Gasteiger charge is -2.32. The van der Waals surface area contributed by atoms with Gasteiger partial charge in [-0.25, -0.2) is 4.79 Å². The van der Waals surface area contributed by atoms with Gasteiger partial charge in [0.15, 0.2) is 0 Å². The third-order valence-electron chi connectivity index (χ3n) is 3.26. The number of morpholine rings is 1. The minimum absolute atomic E-state index is 0.0474. The van der Waals surface area contributed by atoms with E-state index in [1.54, 1.807) is 6.07 Å². The zero-order valence-electron chi connectivity index (χ0n) is 10.8. The Balaban J connectivity index is 2.16. The van der Waals surface area contributed by atoms with Gasteiger partial charge in [0.1, 0.15) is 11.6 Å². The van der Waals surface area contributed by atoms with Gasteiger partial charge < -0.3 is 4.74 Å². The van der Waals surface area contributed by atoms with E-state index in [4.69, 9.17) is 10.00 Å². The van der Waals surface area contributed by atoms with Crippen molar-refractivity contribution in [3.05, 3.63) is 32.6 Å². The average molecular weight is 264 g/mol. The minimum Gasteiger partial charge on any atom is -0.379 e. The molecule has 1 saturated heterocycles. The number of H-pyrrole nitrogens is 1. The van der Waals surface area contributed by atoms with Crippen molar-refractivity contribution >= 4 is 0 Å². The van der Waals surface area contributed by atoms with E-state index in [9.17, 15) is 9.59 Å². The normalized spacial score (nSPS) is 17.9. The van der Waals surface area contributed by atoms with Gasteiger partial charge in [0.25, 0.3) is 5.56 Å². The highest BCUT2D eigenvalue weighted by molar-refractivity contribution is 5.21. The molecule has 0 amide bonds. The molecule has 1 aromatic heterocycles. The van der Waals surface area contributed by atoms with Crippen LogP contribution in [0.5, 0.6) is 0 Å². The molecule has 0 aromatic carbocycles. The fourth-order valence-corrected chi connectivity index (χ4v) is 2.14. The van der Waals surface area contributed by atoms with Crippen molar-refractivity contribution < 1.29 is 4.74 Å². The van der Waals surface area contributed by atoms with E-state index in [1.165, 1.54) is 10.8 Å². The molecule has 0 unspecified atom stereocenters. The Hall–Kier alpha value is -1.91. The zero-order valence-corrected chi connectivity index (χ0v) is 10.8. The summed E-state index contributed by atoms with van der Waals surface area (Å²) in [6.07, 6.45) is 1.32. The van der Waals surface area contributed by atoms with Gasteiger partial charge in [-0.2, -0.15) is 5.26 Å². The van der Waals surface area contributed by atoms with Crippen molar-refractivity contribution in [2.45, 2.75) is 19.5 Å². The summed E-state index contributed by atoms with van der Waals surface area (Å²) in [4.78, 5) is 27.3. The molecule has 0 radical (unpaired) electrons. The lowest BCUT2D eigenvalue weighted by atomic mass is 10.2. The van der Waals surface area contributed by atoms with Crippen molar-refractivity contribution in [3.8, 4) is 6.07 Å². The molecule has 102 valence electrons. The number of aromatic amines is 1. The van der Waals surface area contributed by atoms with Gasteiger partial charge in [0.2, 0.25) is 0 Å². The van der Waals surface area contributed by atoms with Crippen LogP contribution in [0.2, 0.25) is 0 Å². The summed E-state index contributed by atoms with van der Waals surface area (Å²) in [5.41, 5.74) is -1.17. The molecule has 0 spiro atoms. The predicted molar refractivity (Wildman–Crippen MR) is 67.9 cm³/mol. The molecule has 1 aromatic rings. The molecular formula is C12H16N4O3. The number of aromatic nitrogens is 2. The van der Waals surface area contributed by atoms with Crippen LogP contribution in [0.4, 0.5) is 0 Å². The third-order valence-corrected chi connectivity index (χ3v) is 3.26. The van der Waals surface area contributed by atoms with Crippen LogP contribution < -0.4 is 11.2 Å². The van der Waals surface area contributed by atoms with Crippen molar-refractivity contribution in [1.29, 1.82) is 5.26 Å². The molecule has 7 nitrogen and oxygen atoms in total. The van der Waals surface area contributed by atoms with Gasteiger partial charge >= 0.3 is 5.69 Å². The second-order valence-corrected chi connectivity index (χ2v) is 4.56. The van der Waals surface area contributed by atoms with E-state index in [1.807, 2.05) is 6.92 Å². The first kappa shape index (κ1) is 13.5. The Labute approximate surface area is 110 Å². The smallest absolute Gasteiger partial charge is 0.328 e. The molecule has 19 heavy (non-hydrogen) atoms. The summed E-state index contributed by atoms with van der Waals surface area (Å²) >= 11 is 0. The third kappa shape index (κ3) is 3.10. The summed E-state index contributed by atoms with van der Waals surface area (Å²) in [5, 5.41) is 8.80. The molecule has 1 atom stereocenters. The van der Waals surface area contributed by atoms with Gasteiger partial charge in [-0.15, -0.1) is 0 Å². The summed E-state index contributed by atoms with van der Waals surface area (Å²) in [5.74, 6) is 0. The fraction of sp³-hybridized carbons (Fsp3) is 0.583. The summed E-state index contributed by atoms with van der Waals surface area (Å²) in [6.45, 7) is 5.47. The summed E-state index contributed by atoms with van der Waals surface area (Å²) < 4.78 is 6.65. The van der Waals surface area contributed by atoms with Crippen LogP contribution in [-0.4, -0.2) is 46.8 Å². The van der Waals surface area contributed by atoms with Crippen LogP contribution in [-0.2, 0) is 11.3 Å². The van der Waals surface area contributed by atoms with Crippen LogP contribution in [0.3, 0.4) is 0 Å². The number of nitrogens with zero attached hydrogens (tertiary/aromatic N) is 3. The molecule has 0 saturated carbocycles. The van der Waals surface area contributed by atoms with Crippen LogP contribution in [0, 0.1) is 11.3 Å². The minimum atomic E-state index is -0.636. The first-order valence-electron chi connectivity index (χ1n) is 6.17. The van der Waals surface area contributed by atoms with Gasteiger partial charge in [-0.05, 0) is 6.92 Å². The quantitative estimate of drug-likeness (QED) is 0.766. The molecule has 2 rings (SSSR count). The zero-order chi connectivity index (χ0) is 13.8. The largest absolute Gasteiger partial charge is 0.379 e. The molecular weight excluding hydrogens is 248 g/mol. The van der Waals surface area contributed by atoms with Crippen molar-refractivity contribution in [1.82, 2.24) is 14.5 Å². The van der Waals surface area contributed by atoms with Gasteiger partial charge in [-0.1, -0.05) is 0 Å². The highest BCUT2D eigenvalue weighted by Crippen LogP contribution is 2.05. The number of rotatable bonds is 3. The van der Waals surface area contributed by atoms with Crippen LogP contribution in [0.15, 0.2) is 15.8 Å². The van der Waals surface area contributed by atoms with E-state index < -0.39 is 11.2 Å². The Kier molecular flexibility index (Phi) is 4.14. The SMILES string of the molecule is C[C@H](Cn1cc(C#N)c(=O)[nH]c1=O)N1CCOCC1. The Morgan fingerprint density at radius 2 is 2.16 bits per heavy atom. The number of hydrogen-bond donors (Lipinski definition) is 1. The monoisotopic (exact) mass is 264 g/mol. The standard InChI is InChI=1S/C12H16N4O3/c1-9(15-2-4-19-5-3-15)7-16-8-10(6-13)11(17)14-12(16)18/h8-9H,2-5,7H2,1H3,(H,14,17,18)/t9-/m1/s1. The second-order valence-electron chi connectivity index (χ2n) is 4.56. The predicted octanol–water partition coefficient (Wildman–Crippen LogP) is -0.871. The number of nitriles is 1. The van der Waals surface area contributed by atoms with E-state index in [2.05, 4.69) is 9.88 Å². The molecule has 7 heteroatoms. The first-order chi connectivity index (χ1) is 9.11. The molecule has 0 aliphatic carbocycles. The molecule has 1 fully saturated rings. The van der Waals surface area contributed by atoms with Crippen molar-refractivity contribution in [2.75, 3.05) is 26.3 Å². The molecule has 0 bridgehead atoms. The average Bonchev–Trinajstić information content (AvgIpc) is 2.42. The highest BCUT2D eigenvalue weighted by Gasteiger charge is 2.18.